The van der Waals surface area contributed by atoms with Crippen LogP contribution < -0.4 is 0 Å². The molecule has 1 aromatic rings. The van der Waals surface area contributed by atoms with Gasteiger partial charge in [-0.3, -0.25) is 0 Å². The number of hydrogen-bond acceptors (Lipinski definition) is 0. The first kappa shape index (κ1) is 12.8. The minimum Gasteiger partial charge on any atom is -0.0654 e. The Bertz CT molecular complexity index is 291. The Morgan fingerprint density at radius 1 is 1.27 bits per heavy atom. The van der Waals surface area contributed by atoms with E-state index in [0.717, 1.165) is 11.8 Å². The summed E-state index contributed by atoms with van der Waals surface area (Å²) >= 11 is 3.55. The van der Waals surface area contributed by atoms with Gasteiger partial charge in [0, 0.05) is 4.47 Å². The predicted octanol–water partition coefficient (Wildman–Crippen LogP) is 5.38. The van der Waals surface area contributed by atoms with E-state index >= 15 is 0 Å². The molecule has 0 saturated carbocycles. The third-order valence-electron chi connectivity index (χ3n) is 2.71. The van der Waals surface area contributed by atoms with E-state index in [9.17, 15) is 0 Å². The van der Waals surface area contributed by atoms with Gasteiger partial charge in [0.1, 0.15) is 0 Å². The molecule has 84 valence electrons. The average Bonchev–Trinajstić information content (AvgIpc) is 2.16. The minimum atomic E-state index is 0.729. The molecule has 1 aromatic carbocycles. The molecule has 0 fully saturated rings. The van der Waals surface area contributed by atoms with E-state index in [0.29, 0.717) is 0 Å². The predicted molar refractivity (Wildman–Crippen MR) is 71.2 cm³/mol. The summed E-state index contributed by atoms with van der Waals surface area (Å²) in [5.41, 5.74) is 1.49. The lowest BCUT2D eigenvalue weighted by molar-refractivity contribution is 0.472. The van der Waals surface area contributed by atoms with Crippen molar-refractivity contribution in [3.05, 3.63) is 34.3 Å². The lowest BCUT2D eigenvalue weighted by atomic mass is 9.87. The average molecular weight is 269 g/mol. The van der Waals surface area contributed by atoms with E-state index in [-0.39, 0.29) is 0 Å². The standard InChI is InChI=1S/C14H21Br/c1-4-6-12(9-11(2)3)13-7-5-8-14(15)10-13/h5,7-8,10-12H,4,6,9H2,1-3H3/t12-/m1/s1. The summed E-state index contributed by atoms with van der Waals surface area (Å²) in [5.74, 6) is 1.51. The Hall–Kier alpha value is -0.300. The highest BCUT2D eigenvalue weighted by molar-refractivity contribution is 9.10. The van der Waals surface area contributed by atoms with Crippen LogP contribution >= 0.6 is 15.9 Å². The molecular formula is C14H21Br. The molecule has 0 N–H and O–H groups in total. The van der Waals surface area contributed by atoms with Gasteiger partial charge in [-0.1, -0.05) is 55.3 Å². The molecule has 0 radical (unpaired) electrons. The van der Waals surface area contributed by atoms with Gasteiger partial charge in [-0.05, 0) is 42.4 Å². The Morgan fingerprint density at radius 2 is 2.00 bits per heavy atom. The minimum absolute atomic E-state index is 0.729. The summed E-state index contributed by atoms with van der Waals surface area (Å²) < 4.78 is 1.20. The number of benzene rings is 1. The van der Waals surface area contributed by atoms with Crippen LogP contribution in [0.25, 0.3) is 0 Å². The fraction of sp³-hybridized carbons (Fsp3) is 0.571. The molecule has 0 nitrogen and oxygen atoms in total. The smallest absolute Gasteiger partial charge is 0.0178 e. The van der Waals surface area contributed by atoms with Crippen LogP contribution in [-0.4, -0.2) is 0 Å². The molecule has 0 aliphatic rings. The van der Waals surface area contributed by atoms with Crippen molar-refractivity contribution in [3.8, 4) is 0 Å². The third kappa shape index (κ3) is 4.38. The van der Waals surface area contributed by atoms with E-state index < -0.39 is 0 Å². The molecule has 0 unspecified atom stereocenters. The van der Waals surface area contributed by atoms with Crippen molar-refractivity contribution < 1.29 is 0 Å². The van der Waals surface area contributed by atoms with Crippen molar-refractivity contribution in [2.24, 2.45) is 5.92 Å². The van der Waals surface area contributed by atoms with Crippen molar-refractivity contribution in [2.45, 2.75) is 46.0 Å². The lowest BCUT2D eigenvalue weighted by Gasteiger charge is -2.19. The van der Waals surface area contributed by atoms with Crippen LogP contribution in [0.4, 0.5) is 0 Å². The van der Waals surface area contributed by atoms with Crippen molar-refractivity contribution in [1.29, 1.82) is 0 Å². The molecule has 0 aliphatic heterocycles. The zero-order chi connectivity index (χ0) is 11.3. The van der Waals surface area contributed by atoms with E-state index in [4.69, 9.17) is 0 Å². The summed E-state index contributed by atoms with van der Waals surface area (Å²) in [6.07, 6.45) is 3.86. The third-order valence-corrected chi connectivity index (χ3v) is 3.21. The molecule has 0 amide bonds. The van der Waals surface area contributed by atoms with E-state index in [2.05, 4.69) is 61.0 Å². The first-order valence-corrected chi connectivity index (χ1v) is 6.68. The monoisotopic (exact) mass is 268 g/mol. The zero-order valence-corrected chi connectivity index (χ0v) is 11.5. The highest BCUT2D eigenvalue weighted by Gasteiger charge is 2.12. The zero-order valence-electron chi connectivity index (χ0n) is 9.96. The van der Waals surface area contributed by atoms with Crippen LogP contribution in [0.2, 0.25) is 0 Å². The topological polar surface area (TPSA) is 0 Å². The maximum absolute atomic E-state index is 3.55. The first-order valence-electron chi connectivity index (χ1n) is 5.89. The van der Waals surface area contributed by atoms with Crippen molar-refractivity contribution in [3.63, 3.8) is 0 Å². The van der Waals surface area contributed by atoms with Crippen LogP contribution in [-0.2, 0) is 0 Å². The van der Waals surface area contributed by atoms with Crippen molar-refractivity contribution in [2.75, 3.05) is 0 Å². The number of halogens is 1. The SMILES string of the molecule is CCC[C@H](CC(C)C)c1cccc(Br)c1. The quantitative estimate of drug-likeness (QED) is 0.673. The summed E-state index contributed by atoms with van der Waals surface area (Å²) in [5, 5.41) is 0. The van der Waals surface area contributed by atoms with Gasteiger partial charge < -0.3 is 0 Å². The van der Waals surface area contributed by atoms with Gasteiger partial charge in [0.15, 0.2) is 0 Å². The molecule has 1 heteroatoms. The lowest BCUT2D eigenvalue weighted by Crippen LogP contribution is -2.02. The van der Waals surface area contributed by atoms with Gasteiger partial charge in [-0.2, -0.15) is 0 Å². The Labute approximate surface area is 102 Å². The second-order valence-corrected chi connectivity index (χ2v) is 5.59. The highest BCUT2D eigenvalue weighted by atomic mass is 79.9. The van der Waals surface area contributed by atoms with Crippen molar-refractivity contribution in [1.82, 2.24) is 0 Å². The summed E-state index contributed by atoms with van der Waals surface area (Å²) in [6.45, 7) is 6.88. The first-order chi connectivity index (χ1) is 7.13. The van der Waals surface area contributed by atoms with Crippen LogP contribution in [0.1, 0.15) is 51.5 Å². The Kier molecular flexibility index (Phi) is 5.38. The molecule has 0 saturated heterocycles. The highest BCUT2D eigenvalue weighted by Crippen LogP contribution is 2.29. The molecule has 0 bridgehead atoms. The van der Waals surface area contributed by atoms with Gasteiger partial charge in [-0.25, -0.2) is 0 Å². The molecule has 1 atom stereocenters. The Morgan fingerprint density at radius 3 is 2.53 bits per heavy atom. The number of rotatable bonds is 5. The summed E-state index contributed by atoms with van der Waals surface area (Å²) in [4.78, 5) is 0. The second-order valence-electron chi connectivity index (χ2n) is 4.67. The van der Waals surface area contributed by atoms with E-state index in [1.165, 1.54) is 29.3 Å². The second kappa shape index (κ2) is 6.32. The van der Waals surface area contributed by atoms with Crippen LogP contribution in [0.5, 0.6) is 0 Å². The van der Waals surface area contributed by atoms with Crippen LogP contribution in [0.15, 0.2) is 28.7 Å². The van der Waals surface area contributed by atoms with Gasteiger partial charge in [0.2, 0.25) is 0 Å². The van der Waals surface area contributed by atoms with E-state index in [1.807, 2.05) is 0 Å². The van der Waals surface area contributed by atoms with Gasteiger partial charge in [0.05, 0.1) is 0 Å². The van der Waals surface area contributed by atoms with E-state index in [1.54, 1.807) is 0 Å². The largest absolute Gasteiger partial charge is 0.0654 e. The number of hydrogen-bond donors (Lipinski definition) is 0. The van der Waals surface area contributed by atoms with Gasteiger partial charge >= 0.3 is 0 Å². The van der Waals surface area contributed by atoms with Crippen LogP contribution in [0.3, 0.4) is 0 Å². The maximum atomic E-state index is 3.55. The molecule has 1 rings (SSSR count). The molecule has 15 heavy (non-hydrogen) atoms. The van der Waals surface area contributed by atoms with Crippen LogP contribution in [0, 0.1) is 5.92 Å². The fourth-order valence-corrected chi connectivity index (χ4v) is 2.52. The summed E-state index contributed by atoms with van der Waals surface area (Å²) in [6, 6.07) is 8.76. The maximum Gasteiger partial charge on any atom is 0.0178 e. The van der Waals surface area contributed by atoms with Gasteiger partial charge in [-0.15, -0.1) is 0 Å². The molecule has 0 spiro atoms. The normalized spacial score (nSPS) is 13.1. The molecule has 0 heterocycles. The Balaban J connectivity index is 2.78. The molecule has 0 aromatic heterocycles. The van der Waals surface area contributed by atoms with Gasteiger partial charge in [0.25, 0.3) is 0 Å². The van der Waals surface area contributed by atoms with Crippen molar-refractivity contribution >= 4 is 15.9 Å². The summed E-state index contributed by atoms with van der Waals surface area (Å²) in [7, 11) is 0. The fourth-order valence-electron chi connectivity index (χ4n) is 2.10. The molecule has 0 aliphatic carbocycles. The molecular weight excluding hydrogens is 248 g/mol.